The van der Waals surface area contributed by atoms with Gasteiger partial charge in [0.15, 0.2) is 5.65 Å². The maximum absolute atomic E-state index is 13.5. The second kappa shape index (κ2) is 5.63. The number of alkyl halides is 3. The fourth-order valence-corrected chi connectivity index (χ4v) is 3.27. The molecule has 4 rings (SSSR count). The van der Waals surface area contributed by atoms with Crippen LogP contribution in [0.3, 0.4) is 0 Å². The van der Waals surface area contributed by atoms with Gasteiger partial charge in [-0.1, -0.05) is 12.1 Å². The van der Waals surface area contributed by atoms with Gasteiger partial charge < -0.3 is 10.2 Å². The van der Waals surface area contributed by atoms with Crippen molar-refractivity contribution < 1.29 is 13.2 Å². The lowest BCUT2D eigenvalue weighted by atomic mass is 10.1. The summed E-state index contributed by atoms with van der Waals surface area (Å²) in [5.74, 6) is 0.413. The van der Waals surface area contributed by atoms with E-state index in [1.54, 1.807) is 28.7 Å². The van der Waals surface area contributed by atoms with E-state index < -0.39 is 17.3 Å². The van der Waals surface area contributed by atoms with Crippen LogP contribution in [0.2, 0.25) is 0 Å². The Morgan fingerprint density at radius 1 is 1.16 bits per heavy atom. The van der Waals surface area contributed by atoms with Gasteiger partial charge in [-0.2, -0.15) is 18.4 Å². The van der Waals surface area contributed by atoms with Crippen LogP contribution in [0.1, 0.15) is 11.1 Å². The van der Waals surface area contributed by atoms with Gasteiger partial charge in [0.05, 0.1) is 16.6 Å². The molecule has 0 bridgehead atoms. The summed E-state index contributed by atoms with van der Waals surface area (Å²) in [5, 5.41) is 12.6. The summed E-state index contributed by atoms with van der Waals surface area (Å²) in [7, 11) is 0. The van der Waals surface area contributed by atoms with Crippen LogP contribution in [0.15, 0.2) is 30.3 Å². The highest BCUT2D eigenvalue weighted by atomic mass is 19.4. The van der Waals surface area contributed by atoms with Crippen LogP contribution in [0.4, 0.5) is 19.0 Å². The molecule has 3 aromatic rings. The van der Waals surface area contributed by atoms with E-state index in [0.29, 0.717) is 43.0 Å². The molecule has 0 amide bonds. The van der Waals surface area contributed by atoms with Crippen molar-refractivity contribution in [1.29, 1.82) is 5.26 Å². The van der Waals surface area contributed by atoms with Crippen LogP contribution < -0.4 is 10.2 Å². The Morgan fingerprint density at radius 2 is 1.88 bits per heavy atom. The van der Waals surface area contributed by atoms with E-state index >= 15 is 0 Å². The number of hydrogen-bond acceptors (Lipinski definition) is 4. The molecule has 0 saturated carbocycles. The van der Waals surface area contributed by atoms with Crippen LogP contribution in [-0.2, 0) is 6.18 Å². The lowest BCUT2D eigenvalue weighted by molar-refractivity contribution is -0.137. The van der Waals surface area contributed by atoms with E-state index in [2.05, 4.69) is 10.3 Å². The summed E-state index contributed by atoms with van der Waals surface area (Å²) >= 11 is 0. The van der Waals surface area contributed by atoms with Crippen LogP contribution in [0.5, 0.6) is 0 Å². The number of nitriles is 1. The number of fused-ring (bicyclic) bond motifs is 3. The van der Waals surface area contributed by atoms with Crippen molar-refractivity contribution in [3.8, 4) is 6.07 Å². The zero-order valence-electron chi connectivity index (χ0n) is 13.1. The quantitative estimate of drug-likeness (QED) is 0.737. The number of nitrogens with zero attached hydrogens (tertiary/aromatic N) is 4. The lowest BCUT2D eigenvalue weighted by Gasteiger charge is -2.30. The molecule has 0 spiro atoms. The van der Waals surface area contributed by atoms with E-state index in [0.717, 1.165) is 6.07 Å². The lowest BCUT2D eigenvalue weighted by Crippen LogP contribution is -2.44. The smallest absolute Gasteiger partial charge is 0.355 e. The number of pyridine rings is 1. The fourth-order valence-electron chi connectivity index (χ4n) is 3.27. The van der Waals surface area contributed by atoms with Gasteiger partial charge in [-0.15, -0.1) is 0 Å². The largest absolute Gasteiger partial charge is 0.417 e. The standard InChI is InChI=1S/C17H14F3N5/c18-17(19,20)12-9-15(24-7-5-22-6-8-24)25-14-4-2-1-3-13(14)23-16(25)11(12)10-21/h1-4,9,22H,5-8H2. The monoisotopic (exact) mass is 345 g/mol. The molecular formula is C17H14F3N5. The number of para-hydroxylation sites is 2. The fraction of sp³-hybridized carbons (Fsp3) is 0.294. The minimum atomic E-state index is -4.62. The van der Waals surface area contributed by atoms with E-state index in [1.807, 2.05) is 11.0 Å². The minimum absolute atomic E-state index is 0.0482. The predicted octanol–water partition coefficient (Wildman–Crippen LogP) is 2.79. The first-order valence-electron chi connectivity index (χ1n) is 7.88. The number of hydrogen-bond donors (Lipinski definition) is 1. The maximum atomic E-state index is 13.5. The molecule has 1 aliphatic rings. The highest BCUT2D eigenvalue weighted by molar-refractivity contribution is 5.85. The SMILES string of the molecule is N#Cc1c(C(F)(F)F)cc(N2CCNCC2)n2c1nc1ccccc12. The van der Waals surface area contributed by atoms with E-state index in [9.17, 15) is 18.4 Å². The van der Waals surface area contributed by atoms with E-state index in [1.165, 1.54) is 0 Å². The first kappa shape index (κ1) is 15.7. The molecule has 25 heavy (non-hydrogen) atoms. The van der Waals surface area contributed by atoms with Gasteiger partial charge in [-0.05, 0) is 18.2 Å². The Bertz CT molecular complexity index is 993. The molecule has 8 heteroatoms. The molecule has 1 fully saturated rings. The van der Waals surface area contributed by atoms with Crippen molar-refractivity contribution >= 4 is 22.5 Å². The Balaban J connectivity index is 2.12. The number of aromatic nitrogens is 2. The molecule has 1 aliphatic heterocycles. The molecule has 2 aromatic heterocycles. The summed E-state index contributed by atoms with van der Waals surface area (Å²) in [6.07, 6.45) is -4.62. The van der Waals surface area contributed by atoms with Gasteiger partial charge in [0.2, 0.25) is 0 Å². The van der Waals surface area contributed by atoms with Gasteiger partial charge in [0.1, 0.15) is 17.5 Å². The van der Waals surface area contributed by atoms with Gasteiger partial charge in [0.25, 0.3) is 0 Å². The molecule has 0 unspecified atom stereocenters. The number of nitrogens with one attached hydrogen (secondary N) is 1. The van der Waals surface area contributed by atoms with E-state index in [4.69, 9.17) is 0 Å². The van der Waals surface area contributed by atoms with Gasteiger partial charge >= 0.3 is 6.18 Å². The zero-order valence-corrected chi connectivity index (χ0v) is 13.1. The number of halogens is 3. The Hall–Kier alpha value is -2.79. The van der Waals surface area contributed by atoms with Gasteiger partial charge in [0, 0.05) is 26.2 Å². The first-order chi connectivity index (χ1) is 12.0. The normalized spacial score (nSPS) is 15.7. The highest BCUT2D eigenvalue weighted by Gasteiger charge is 2.37. The summed E-state index contributed by atoms with van der Waals surface area (Å²) in [6, 6.07) is 9.89. The number of imidazole rings is 1. The summed E-state index contributed by atoms with van der Waals surface area (Å²) in [6.45, 7) is 2.56. The van der Waals surface area contributed by atoms with Crippen molar-refractivity contribution in [2.45, 2.75) is 6.18 Å². The number of anilines is 1. The Labute approximate surface area is 141 Å². The average molecular weight is 345 g/mol. The molecule has 0 radical (unpaired) electrons. The van der Waals surface area contributed by atoms with Crippen LogP contribution in [0.25, 0.3) is 16.7 Å². The topological polar surface area (TPSA) is 56.4 Å². The Kier molecular flexibility index (Phi) is 3.54. The summed E-state index contributed by atoms with van der Waals surface area (Å²) < 4.78 is 42.3. The number of rotatable bonds is 1. The van der Waals surface area contributed by atoms with Gasteiger partial charge in [-0.25, -0.2) is 4.98 Å². The summed E-state index contributed by atoms with van der Waals surface area (Å²) in [4.78, 5) is 6.21. The molecule has 0 aliphatic carbocycles. The van der Waals surface area contributed by atoms with Crippen molar-refractivity contribution in [2.24, 2.45) is 0 Å². The summed E-state index contributed by atoms with van der Waals surface area (Å²) in [5.41, 5.74) is -0.0769. The molecular weight excluding hydrogens is 331 g/mol. The van der Waals surface area contributed by atoms with Crippen molar-refractivity contribution in [1.82, 2.24) is 14.7 Å². The molecule has 1 aromatic carbocycles. The van der Waals surface area contributed by atoms with Crippen LogP contribution in [0, 0.1) is 11.3 Å². The predicted molar refractivity (Wildman–Crippen MR) is 87.5 cm³/mol. The Morgan fingerprint density at radius 3 is 2.56 bits per heavy atom. The number of benzene rings is 1. The third-order valence-electron chi connectivity index (χ3n) is 4.41. The van der Waals surface area contributed by atoms with Gasteiger partial charge in [-0.3, -0.25) is 4.40 Å². The minimum Gasteiger partial charge on any atom is -0.355 e. The van der Waals surface area contributed by atoms with Crippen LogP contribution >= 0.6 is 0 Å². The highest BCUT2D eigenvalue weighted by Crippen LogP contribution is 2.37. The van der Waals surface area contributed by atoms with Crippen molar-refractivity contribution in [3.05, 3.63) is 41.5 Å². The molecule has 3 heterocycles. The molecule has 1 saturated heterocycles. The zero-order chi connectivity index (χ0) is 17.6. The van der Waals surface area contributed by atoms with Crippen molar-refractivity contribution in [3.63, 3.8) is 0 Å². The third kappa shape index (κ3) is 2.48. The van der Waals surface area contributed by atoms with Crippen LogP contribution in [-0.4, -0.2) is 35.6 Å². The van der Waals surface area contributed by atoms with E-state index in [-0.39, 0.29) is 5.65 Å². The molecule has 5 nitrogen and oxygen atoms in total. The second-order valence-electron chi connectivity index (χ2n) is 5.90. The number of piperazine rings is 1. The third-order valence-corrected chi connectivity index (χ3v) is 4.41. The molecule has 1 N–H and O–H groups in total. The average Bonchev–Trinajstić information content (AvgIpc) is 3.00. The first-order valence-corrected chi connectivity index (χ1v) is 7.88. The second-order valence-corrected chi connectivity index (χ2v) is 5.90. The molecule has 0 atom stereocenters. The maximum Gasteiger partial charge on any atom is 0.417 e. The van der Waals surface area contributed by atoms with Crippen molar-refractivity contribution in [2.75, 3.05) is 31.1 Å². The molecule has 128 valence electrons.